The minimum atomic E-state index is -0.785. The van der Waals surface area contributed by atoms with E-state index in [2.05, 4.69) is 5.32 Å². The lowest BCUT2D eigenvalue weighted by molar-refractivity contribution is 0.142. The van der Waals surface area contributed by atoms with Gasteiger partial charge >= 0.3 is 6.09 Å². The first-order chi connectivity index (χ1) is 5.30. The van der Waals surface area contributed by atoms with Crippen LogP contribution >= 0.6 is 0 Å². The molecule has 0 bridgehead atoms. The van der Waals surface area contributed by atoms with Gasteiger partial charge in [-0.25, -0.2) is 4.79 Å². The third-order valence-electron chi connectivity index (χ3n) is 1.83. The van der Waals surface area contributed by atoms with E-state index in [-0.39, 0.29) is 0 Å². The second-order valence-electron chi connectivity index (χ2n) is 2.73. The van der Waals surface area contributed by atoms with Crippen molar-refractivity contribution >= 4 is 6.09 Å². The first-order valence-electron chi connectivity index (χ1n) is 3.99. The van der Waals surface area contributed by atoms with Gasteiger partial charge in [-0.15, -0.1) is 0 Å². The van der Waals surface area contributed by atoms with Crippen molar-refractivity contribution in [2.45, 2.75) is 12.8 Å². The number of hydrogen-bond acceptors (Lipinski definition) is 2. The van der Waals surface area contributed by atoms with Crippen LogP contribution in [0.25, 0.3) is 0 Å². The summed E-state index contributed by atoms with van der Waals surface area (Å²) in [4.78, 5) is 12.0. The lowest BCUT2D eigenvalue weighted by Gasteiger charge is -2.21. The van der Waals surface area contributed by atoms with Crippen molar-refractivity contribution in [3.05, 3.63) is 0 Å². The second kappa shape index (κ2) is 4.18. The Morgan fingerprint density at radius 1 is 1.27 bits per heavy atom. The molecule has 1 aliphatic heterocycles. The topological polar surface area (TPSA) is 52.6 Å². The molecule has 1 saturated heterocycles. The van der Waals surface area contributed by atoms with Gasteiger partial charge in [0.25, 0.3) is 0 Å². The van der Waals surface area contributed by atoms with E-state index in [1.165, 1.54) is 4.90 Å². The Balaban J connectivity index is 2.32. The van der Waals surface area contributed by atoms with Gasteiger partial charge in [0.05, 0.1) is 0 Å². The van der Waals surface area contributed by atoms with Crippen LogP contribution in [-0.4, -0.2) is 42.3 Å². The van der Waals surface area contributed by atoms with E-state index in [1.807, 2.05) is 0 Å². The van der Waals surface area contributed by atoms with Gasteiger partial charge in [-0.05, 0) is 25.9 Å². The minimum absolute atomic E-state index is 0.669. The highest BCUT2D eigenvalue weighted by molar-refractivity contribution is 5.64. The molecule has 64 valence electrons. The predicted octanol–water partition coefficient (Wildman–Crippen LogP) is 0.350. The normalized spacial score (nSPS) is 20.5. The van der Waals surface area contributed by atoms with Gasteiger partial charge in [0.2, 0.25) is 0 Å². The zero-order valence-electron chi connectivity index (χ0n) is 6.55. The van der Waals surface area contributed by atoms with Gasteiger partial charge in [0.1, 0.15) is 0 Å². The van der Waals surface area contributed by atoms with Crippen molar-refractivity contribution in [3.8, 4) is 0 Å². The molecule has 1 rings (SSSR count). The summed E-state index contributed by atoms with van der Waals surface area (Å²) in [6.07, 6.45) is 1.06. The monoisotopic (exact) mass is 158 g/mol. The van der Waals surface area contributed by atoms with Gasteiger partial charge in [0.15, 0.2) is 0 Å². The van der Waals surface area contributed by atoms with Crippen LogP contribution < -0.4 is 5.32 Å². The molecular weight excluding hydrogens is 144 g/mol. The maximum Gasteiger partial charge on any atom is 0.407 e. The van der Waals surface area contributed by atoms with Crippen LogP contribution in [0.4, 0.5) is 4.79 Å². The fraction of sp³-hybridized carbons (Fsp3) is 0.857. The number of rotatable bonds is 0. The van der Waals surface area contributed by atoms with E-state index < -0.39 is 6.09 Å². The molecule has 1 amide bonds. The first-order valence-corrected chi connectivity index (χ1v) is 3.99. The number of carbonyl (C=O) groups is 1. The van der Waals surface area contributed by atoms with E-state index in [0.717, 1.165) is 25.9 Å². The highest BCUT2D eigenvalue weighted by atomic mass is 16.4. The number of hydrogen-bond donors (Lipinski definition) is 2. The van der Waals surface area contributed by atoms with E-state index in [1.54, 1.807) is 0 Å². The molecule has 0 aliphatic carbocycles. The average Bonchev–Trinajstić information content (AvgIpc) is 1.84. The Hall–Kier alpha value is -0.770. The third-order valence-corrected chi connectivity index (χ3v) is 1.83. The van der Waals surface area contributed by atoms with Crippen molar-refractivity contribution in [1.29, 1.82) is 0 Å². The van der Waals surface area contributed by atoms with Crippen molar-refractivity contribution in [2.24, 2.45) is 0 Å². The van der Waals surface area contributed by atoms with Gasteiger partial charge in [-0.1, -0.05) is 0 Å². The predicted molar refractivity (Wildman–Crippen MR) is 41.7 cm³/mol. The zero-order valence-corrected chi connectivity index (χ0v) is 6.55. The largest absolute Gasteiger partial charge is 0.465 e. The molecule has 11 heavy (non-hydrogen) atoms. The number of carboxylic acid groups (broad SMARTS) is 1. The molecule has 1 aliphatic rings. The van der Waals surface area contributed by atoms with Crippen LogP contribution in [0.15, 0.2) is 0 Å². The first kappa shape index (κ1) is 8.33. The molecule has 0 saturated carbocycles. The van der Waals surface area contributed by atoms with Crippen molar-refractivity contribution in [2.75, 3.05) is 26.2 Å². The highest BCUT2D eigenvalue weighted by Gasteiger charge is 2.11. The summed E-state index contributed by atoms with van der Waals surface area (Å²) in [7, 11) is 0. The number of nitrogens with zero attached hydrogens (tertiary/aromatic N) is 1. The highest BCUT2D eigenvalue weighted by Crippen LogP contribution is 1.97. The summed E-state index contributed by atoms with van der Waals surface area (Å²) in [5, 5.41) is 11.9. The average molecular weight is 158 g/mol. The standard InChI is InChI=1S/C7H14N2O2/c10-7(11)9-5-1-3-8-4-2-6-9/h8H,1-6H2,(H,10,11). The summed E-state index contributed by atoms with van der Waals surface area (Å²) in [6, 6.07) is 0. The maximum absolute atomic E-state index is 10.5. The van der Waals surface area contributed by atoms with E-state index >= 15 is 0 Å². The molecule has 4 nitrogen and oxygen atoms in total. The van der Waals surface area contributed by atoms with E-state index in [9.17, 15) is 4.79 Å². The molecule has 0 aromatic heterocycles. The van der Waals surface area contributed by atoms with Gasteiger partial charge < -0.3 is 15.3 Å². The Labute approximate surface area is 66.2 Å². The van der Waals surface area contributed by atoms with E-state index in [4.69, 9.17) is 5.11 Å². The fourth-order valence-corrected chi connectivity index (χ4v) is 1.22. The third kappa shape index (κ3) is 2.76. The van der Waals surface area contributed by atoms with Crippen molar-refractivity contribution < 1.29 is 9.90 Å². The van der Waals surface area contributed by atoms with Gasteiger partial charge in [-0.3, -0.25) is 0 Å². The molecule has 2 N–H and O–H groups in total. The summed E-state index contributed by atoms with van der Waals surface area (Å²) in [5.74, 6) is 0. The Kier molecular flexibility index (Phi) is 3.16. The van der Waals surface area contributed by atoms with Crippen LogP contribution in [0.3, 0.4) is 0 Å². The Bertz CT molecular complexity index is 130. The minimum Gasteiger partial charge on any atom is -0.465 e. The Morgan fingerprint density at radius 2 is 1.82 bits per heavy atom. The van der Waals surface area contributed by atoms with Crippen LogP contribution in [0.5, 0.6) is 0 Å². The van der Waals surface area contributed by atoms with Gasteiger partial charge in [0, 0.05) is 13.1 Å². The van der Waals surface area contributed by atoms with Gasteiger partial charge in [-0.2, -0.15) is 0 Å². The smallest absolute Gasteiger partial charge is 0.407 e. The van der Waals surface area contributed by atoms with Crippen LogP contribution in [-0.2, 0) is 0 Å². The molecule has 0 aromatic rings. The molecule has 0 aromatic carbocycles. The van der Waals surface area contributed by atoms with Crippen molar-refractivity contribution in [1.82, 2.24) is 10.2 Å². The fourth-order valence-electron chi connectivity index (χ4n) is 1.22. The van der Waals surface area contributed by atoms with Crippen LogP contribution in [0, 0.1) is 0 Å². The second-order valence-corrected chi connectivity index (χ2v) is 2.73. The molecule has 1 heterocycles. The summed E-state index contributed by atoms with van der Waals surface area (Å²) >= 11 is 0. The summed E-state index contributed by atoms with van der Waals surface area (Å²) < 4.78 is 0. The molecule has 0 atom stereocenters. The van der Waals surface area contributed by atoms with Crippen LogP contribution in [0.1, 0.15) is 12.8 Å². The zero-order chi connectivity index (χ0) is 8.10. The molecule has 4 heteroatoms. The Morgan fingerprint density at radius 3 is 2.27 bits per heavy atom. The van der Waals surface area contributed by atoms with Crippen molar-refractivity contribution in [3.63, 3.8) is 0 Å². The number of amides is 1. The number of nitrogens with one attached hydrogen (secondary N) is 1. The quantitative estimate of drug-likeness (QED) is 0.535. The van der Waals surface area contributed by atoms with E-state index in [0.29, 0.717) is 13.1 Å². The summed E-state index contributed by atoms with van der Waals surface area (Å²) in [6.45, 7) is 3.21. The summed E-state index contributed by atoms with van der Waals surface area (Å²) in [5.41, 5.74) is 0. The molecular formula is C7H14N2O2. The molecule has 0 unspecified atom stereocenters. The lowest BCUT2D eigenvalue weighted by atomic mass is 10.3. The molecule has 0 spiro atoms. The van der Waals surface area contributed by atoms with Crippen LogP contribution in [0.2, 0.25) is 0 Å². The maximum atomic E-state index is 10.5. The molecule has 0 radical (unpaired) electrons. The SMILES string of the molecule is O=C(O)N1CCCNCCC1. The molecule has 1 fully saturated rings. The lowest BCUT2D eigenvalue weighted by Crippen LogP contribution is -2.37.